The number of carboxylic acids is 1. The van der Waals surface area contributed by atoms with E-state index in [-0.39, 0.29) is 12.5 Å². The summed E-state index contributed by atoms with van der Waals surface area (Å²) in [7, 11) is 1.20. The Morgan fingerprint density at radius 1 is 1.06 bits per heavy atom. The Labute approximate surface area is 194 Å². The molecule has 0 radical (unpaired) electrons. The van der Waals surface area contributed by atoms with Crippen LogP contribution in [0.4, 0.5) is 18.0 Å². The summed E-state index contributed by atoms with van der Waals surface area (Å²) in [6.45, 7) is 1.10. The van der Waals surface area contributed by atoms with Crippen molar-refractivity contribution in [3.63, 3.8) is 0 Å². The van der Waals surface area contributed by atoms with E-state index in [1.54, 1.807) is 5.32 Å². The summed E-state index contributed by atoms with van der Waals surface area (Å²) in [5.41, 5.74) is 3.81. The highest BCUT2D eigenvalue weighted by Crippen LogP contribution is 2.44. The van der Waals surface area contributed by atoms with E-state index in [1.165, 1.54) is 14.0 Å². The first-order valence-corrected chi connectivity index (χ1v) is 10.7. The molecular formula is C24H25F3N2O5. The Kier molecular flexibility index (Phi) is 7.48. The Balaban J connectivity index is 1.62. The third-order valence-corrected chi connectivity index (χ3v) is 6.01. The largest absolute Gasteiger partial charge is 0.480 e. The number of carboxylic acid groups (broad SMARTS) is 1. The minimum absolute atomic E-state index is 0.151. The Morgan fingerprint density at radius 3 is 2.09 bits per heavy atom. The van der Waals surface area contributed by atoms with Gasteiger partial charge in [-0.3, -0.25) is 4.79 Å². The van der Waals surface area contributed by atoms with E-state index in [0.29, 0.717) is 0 Å². The number of nitrogens with one attached hydrogen (secondary N) is 1. The molecule has 7 nitrogen and oxygen atoms in total. The molecule has 0 bridgehead atoms. The maximum Gasteiger partial charge on any atom is 0.408 e. The lowest BCUT2D eigenvalue weighted by Crippen LogP contribution is -2.47. The molecule has 2 N–H and O–H groups in total. The van der Waals surface area contributed by atoms with Crippen LogP contribution in [0.3, 0.4) is 0 Å². The standard InChI is InChI=1S/C24H25F3N2O5/c1-14(22(31)32)29(2)21(30)12-11-20(24(25,26)27)28-23(33)34-13-19-17-9-5-3-7-15(17)16-8-4-6-10-18(16)19/h3-10,14,19-20H,11-13H2,1-2H3,(H,28,33)(H,31,32)/t14-,20-/m0/s1. The molecule has 1 aliphatic carbocycles. The van der Waals surface area contributed by atoms with E-state index in [2.05, 4.69) is 0 Å². The SMILES string of the molecule is C[C@@H](C(=O)O)N(C)C(=O)CC[C@H](NC(=O)OCC1c2ccccc2-c2ccccc21)C(F)(F)F. The van der Waals surface area contributed by atoms with Gasteiger partial charge in [0.25, 0.3) is 0 Å². The summed E-state index contributed by atoms with van der Waals surface area (Å²) < 4.78 is 45.6. The van der Waals surface area contributed by atoms with Crippen molar-refractivity contribution in [2.24, 2.45) is 0 Å². The van der Waals surface area contributed by atoms with Gasteiger partial charge in [0.2, 0.25) is 5.91 Å². The first-order valence-electron chi connectivity index (χ1n) is 10.7. The first-order chi connectivity index (χ1) is 16.0. The predicted molar refractivity (Wildman–Crippen MR) is 117 cm³/mol. The highest BCUT2D eigenvalue weighted by molar-refractivity contribution is 5.83. The number of aliphatic carboxylic acids is 1. The number of ether oxygens (including phenoxy) is 1. The van der Waals surface area contributed by atoms with Gasteiger partial charge in [0.05, 0.1) is 0 Å². The Morgan fingerprint density at radius 2 is 1.59 bits per heavy atom. The maximum atomic E-state index is 13.5. The van der Waals surface area contributed by atoms with Crippen molar-refractivity contribution in [1.82, 2.24) is 10.2 Å². The van der Waals surface area contributed by atoms with Gasteiger partial charge in [-0.05, 0) is 35.6 Å². The van der Waals surface area contributed by atoms with Crippen LogP contribution in [0.25, 0.3) is 11.1 Å². The molecule has 2 amide bonds. The summed E-state index contributed by atoms with van der Waals surface area (Å²) in [5.74, 6) is -2.37. The fourth-order valence-corrected chi connectivity index (χ4v) is 3.93. The number of alkyl carbamates (subject to hydrolysis) is 1. The second-order valence-corrected chi connectivity index (χ2v) is 8.12. The van der Waals surface area contributed by atoms with Crippen molar-refractivity contribution >= 4 is 18.0 Å². The summed E-state index contributed by atoms with van der Waals surface area (Å²) in [6.07, 6.45) is -7.41. The average molecular weight is 478 g/mol. The molecule has 10 heteroatoms. The van der Waals surface area contributed by atoms with Crippen LogP contribution in [0.5, 0.6) is 0 Å². The fourth-order valence-electron chi connectivity index (χ4n) is 3.93. The van der Waals surface area contributed by atoms with E-state index < -0.39 is 49.1 Å². The van der Waals surface area contributed by atoms with Gasteiger partial charge in [-0.25, -0.2) is 9.59 Å². The number of halogens is 3. The van der Waals surface area contributed by atoms with Crippen LogP contribution in [0.2, 0.25) is 0 Å². The number of amides is 2. The molecular weight excluding hydrogens is 453 g/mol. The fraction of sp³-hybridized carbons (Fsp3) is 0.375. The molecule has 0 aromatic heterocycles. The number of hydrogen-bond acceptors (Lipinski definition) is 4. The molecule has 2 atom stereocenters. The highest BCUT2D eigenvalue weighted by atomic mass is 19.4. The monoisotopic (exact) mass is 478 g/mol. The molecule has 0 unspecified atom stereocenters. The second kappa shape index (κ2) is 10.1. The number of fused-ring (bicyclic) bond motifs is 3. The number of alkyl halides is 3. The number of likely N-dealkylation sites (N-methyl/N-ethyl adjacent to an activating group) is 1. The number of nitrogens with zero attached hydrogens (tertiary/aromatic N) is 1. The lowest BCUT2D eigenvalue weighted by molar-refractivity contribution is -0.158. The third-order valence-electron chi connectivity index (χ3n) is 6.01. The topological polar surface area (TPSA) is 95.9 Å². The average Bonchev–Trinajstić information content (AvgIpc) is 3.12. The van der Waals surface area contributed by atoms with Crippen LogP contribution >= 0.6 is 0 Å². The molecule has 0 saturated heterocycles. The number of carbonyl (C=O) groups excluding carboxylic acids is 2. The van der Waals surface area contributed by atoms with Crippen LogP contribution in [-0.2, 0) is 14.3 Å². The number of carbonyl (C=O) groups is 3. The zero-order valence-electron chi connectivity index (χ0n) is 18.6. The Hall–Kier alpha value is -3.56. The van der Waals surface area contributed by atoms with E-state index >= 15 is 0 Å². The van der Waals surface area contributed by atoms with E-state index in [1.807, 2.05) is 48.5 Å². The first kappa shape index (κ1) is 25.1. The highest BCUT2D eigenvalue weighted by Gasteiger charge is 2.41. The van der Waals surface area contributed by atoms with Gasteiger partial charge in [-0.1, -0.05) is 48.5 Å². The molecule has 1 aliphatic rings. The molecule has 0 saturated carbocycles. The minimum Gasteiger partial charge on any atom is -0.480 e. The molecule has 0 heterocycles. The smallest absolute Gasteiger partial charge is 0.408 e. The molecule has 182 valence electrons. The summed E-state index contributed by atoms with van der Waals surface area (Å²) in [5, 5.41) is 10.8. The van der Waals surface area contributed by atoms with Gasteiger partial charge < -0.3 is 20.1 Å². The quantitative estimate of drug-likeness (QED) is 0.594. The van der Waals surface area contributed by atoms with Gasteiger partial charge >= 0.3 is 18.2 Å². The van der Waals surface area contributed by atoms with Gasteiger partial charge in [0, 0.05) is 19.4 Å². The van der Waals surface area contributed by atoms with E-state index in [0.717, 1.165) is 27.2 Å². The van der Waals surface area contributed by atoms with Gasteiger partial charge in [0.15, 0.2) is 0 Å². The number of rotatable bonds is 8. The van der Waals surface area contributed by atoms with E-state index in [9.17, 15) is 27.6 Å². The molecule has 0 aliphatic heterocycles. The summed E-state index contributed by atoms with van der Waals surface area (Å²) in [4.78, 5) is 36.2. The third kappa shape index (κ3) is 5.49. The van der Waals surface area contributed by atoms with Crippen LogP contribution < -0.4 is 5.32 Å². The molecule has 0 fully saturated rings. The van der Waals surface area contributed by atoms with Crippen molar-refractivity contribution in [2.75, 3.05) is 13.7 Å². The second-order valence-electron chi connectivity index (χ2n) is 8.12. The van der Waals surface area contributed by atoms with Crippen molar-refractivity contribution in [3.05, 3.63) is 59.7 Å². The van der Waals surface area contributed by atoms with Crippen molar-refractivity contribution in [2.45, 2.75) is 43.9 Å². The molecule has 2 aromatic carbocycles. The maximum absolute atomic E-state index is 13.5. The Bertz CT molecular complexity index is 1030. The minimum atomic E-state index is -4.82. The normalized spacial score (nSPS) is 14.5. The van der Waals surface area contributed by atoms with Gasteiger partial charge in [-0.2, -0.15) is 13.2 Å². The zero-order valence-corrected chi connectivity index (χ0v) is 18.6. The lowest BCUT2D eigenvalue weighted by Gasteiger charge is -2.25. The predicted octanol–water partition coefficient (Wildman–Crippen LogP) is 4.17. The van der Waals surface area contributed by atoms with Gasteiger partial charge in [-0.15, -0.1) is 0 Å². The van der Waals surface area contributed by atoms with Crippen LogP contribution in [0, 0.1) is 0 Å². The zero-order chi connectivity index (χ0) is 25.0. The van der Waals surface area contributed by atoms with Crippen molar-refractivity contribution < 1.29 is 37.4 Å². The summed E-state index contributed by atoms with van der Waals surface area (Å²) in [6, 6.07) is 11.6. The van der Waals surface area contributed by atoms with Crippen molar-refractivity contribution in [3.8, 4) is 11.1 Å². The lowest BCUT2D eigenvalue weighted by atomic mass is 9.98. The molecule has 0 spiro atoms. The van der Waals surface area contributed by atoms with E-state index in [4.69, 9.17) is 9.84 Å². The molecule has 3 rings (SSSR count). The van der Waals surface area contributed by atoms with Gasteiger partial charge in [0.1, 0.15) is 18.7 Å². The number of benzene rings is 2. The van der Waals surface area contributed by atoms with Crippen LogP contribution in [0.1, 0.15) is 36.8 Å². The summed E-state index contributed by atoms with van der Waals surface area (Å²) >= 11 is 0. The van der Waals surface area contributed by atoms with Crippen molar-refractivity contribution in [1.29, 1.82) is 0 Å². The molecule has 2 aromatic rings. The van der Waals surface area contributed by atoms with Crippen LogP contribution in [0.15, 0.2) is 48.5 Å². The number of hydrogen-bond donors (Lipinski definition) is 2. The van der Waals surface area contributed by atoms with Crippen LogP contribution in [-0.4, -0.2) is 59.9 Å². The molecule has 34 heavy (non-hydrogen) atoms.